The van der Waals surface area contributed by atoms with Crippen molar-refractivity contribution in [2.24, 2.45) is 0 Å². The van der Waals surface area contributed by atoms with E-state index in [4.69, 9.17) is 9.47 Å². The minimum absolute atomic E-state index is 0.233. The minimum atomic E-state index is -0.233. The Morgan fingerprint density at radius 3 is 2.25 bits per heavy atom. The molecule has 0 bridgehead atoms. The van der Waals surface area contributed by atoms with Gasteiger partial charge in [-0.3, -0.25) is 0 Å². The molecule has 20 heavy (non-hydrogen) atoms. The highest BCUT2D eigenvalue weighted by Gasteiger charge is 2.04. The van der Waals surface area contributed by atoms with E-state index in [1.165, 1.54) is 12.1 Å². The molecule has 0 unspecified atom stereocenters. The zero-order valence-electron chi connectivity index (χ0n) is 11.2. The van der Waals surface area contributed by atoms with Gasteiger partial charge in [0.25, 0.3) is 0 Å². The Morgan fingerprint density at radius 2 is 1.70 bits per heavy atom. The molecule has 0 aliphatic carbocycles. The van der Waals surface area contributed by atoms with Gasteiger partial charge < -0.3 is 14.8 Å². The summed E-state index contributed by atoms with van der Waals surface area (Å²) in [6.07, 6.45) is 0. The first-order valence-electron chi connectivity index (χ1n) is 6.03. The first kappa shape index (κ1) is 14.9. The molecule has 2 aromatic rings. The van der Waals surface area contributed by atoms with Crippen LogP contribution in [0.3, 0.4) is 0 Å². The van der Waals surface area contributed by atoms with Gasteiger partial charge in [-0.15, -0.1) is 0 Å². The molecule has 1 N–H and O–H groups in total. The highest BCUT2D eigenvalue weighted by Crippen LogP contribution is 2.24. The van der Waals surface area contributed by atoms with Crippen LogP contribution in [0.4, 0.5) is 10.1 Å². The Kier molecular flexibility index (Phi) is 5.05. The first-order valence-corrected chi connectivity index (χ1v) is 7.11. The van der Waals surface area contributed by atoms with Crippen molar-refractivity contribution in [1.82, 2.24) is 0 Å². The highest BCUT2D eigenvalue weighted by atomic mass is 127. The molecule has 0 aromatic heterocycles. The van der Waals surface area contributed by atoms with Crippen LogP contribution in [0, 0.1) is 9.39 Å². The number of anilines is 1. The lowest BCUT2D eigenvalue weighted by molar-refractivity contribution is 0.393. The average Bonchev–Trinajstić information content (AvgIpc) is 2.46. The van der Waals surface area contributed by atoms with Crippen molar-refractivity contribution in [2.45, 2.75) is 6.54 Å². The standard InChI is InChI=1S/C15H15FINO2/c1-19-12-5-10(6-13(8-12)20-2)9-18-15-4-3-11(16)7-14(15)17/h3-8,18H,9H2,1-2H3. The summed E-state index contributed by atoms with van der Waals surface area (Å²) in [6.45, 7) is 0.606. The summed E-state index contributed by atoms with van der Waals surface area (Å²) in [4.78, 5) is 0. The second-order valence-corrected chi connectivity index (χ2v) is 5.36. The molecule has 0 saturated heterocycles. The maximum atomic E-state index is 13.0. The van der Waals surface area contributed by atoms with Crippen molar-refractivity contribution in [2.75, 3.05) is 19.5 Å². The van der Waals surface area contributed by atoms with Crippen LogP contribution in [0.25, 0.3) is 0 Å². The summed E-state index contributed by atoms with van der Waals surface area (Å²) in [5.74, 6) is 1.26. The van der Waals surface area contributed by atoms with E-state index in [-0.39, 0.29) is 5.82 Å². The predicted octanol–water partition coefficient (Wildman–Crippen LogP) is 4.06. The van der Waals surface area contributed by atoms with Crippen LogP contribution < -0.4 is 14.8 Å². The smallest absolute Gasteiger partial charge is 0.124 e. The van der Waals surface area contributed by atoms with Crippen LogP contribution >= 0.6 is 22.6 Å². The summed E-state index contributed by atoms with van der Waals surface area (Å²) in [5.41, 5.74) is 1.93. The Bertz CT molecular complexity index is 582. The highest BCUT2D eigenvalue weighted by molar-refractivity contribution is 14.1. The SMILES string of the molecule is COc1cc(CNc2ccc(F)cc2I)cc(OC)c1. The summed E-state index contributed by atoms with van der Waals surface area (Å²) < 4.78 is 24.3. The van der Waals surface area contributed by atoms with Crippen molar-refractivity contribution < 1.29 is 13.9 Å². The molecule has 0 aliphatic heterocycles. The molecule has 2 rings (SSSR count). The largest absolute Gasteiger partial charge is 0.497 e. The molecule has 0 aliphatic rings. The molecule has 0 spiro atoms. The molecule has 0 radical (unpaired) electrons. The fourth-order valence-corrected chi connectivity index (χ4v) is 2.47. The third kappa shape index (κ3) is 3.75. The molecule has 0 atom stereocenters. The van der Waals surface area contributed by atoms with Gasteiger partial charge in [-0.05, 0) is 58.5 Å². The quantitative estimate of drug-likeness (QED) is 0.786. The van der Waals surface area contributed by atoms with Gasteiger partial charge in [0.2, 0.25) is 0 Å². The average molecular weight is 387 g/mol. The Balaban J connectivity index is 2.13. The van der Waals surface area contributed by atoms with Crippen molar-refractivity contribution in [1.29, 1.82) is 0 Å². The van der Waals surface area contributed by atoms with E-state index in [0.29, 0.717) is 6.54 Å². The van der Waals surface area contributed by atoms with Gasteiger partial charge >= 0.3 is 0 Å². The molecule has 3 nitrogen and oxygen atoms in total. The monoisotopic (exact) mass is 387 g/mol. The van der Waals surface area contributed by atoms with Crippen LogP contribution in [-0.2, 0) is 6.54 Å². The molecule has 0 saturated carbocycles. The van der Waals surface area contributed by atoms with Gasteiger partial charge in [-0.25, -0.2) is 4.39 Å². The van der Waals surface area contributed by atoms with Gasteiger partial charge in [0.1, 0.15) is 17.3 Å². The van der Waals surface area contributed by atoms with Gasteiger partial charge in [-0.2, -0.15) is 0 Å². The number of benzene rings is 2. The number of ether oxygens (including phenoxy) is 2. The number of rotatable bonds is 5. The third-order valence-electron chi connectivity index (χ3n) is 2.83. The topological polar surface area (TPSA) is 30.5 Å². The van der Waals surface area contributed by atoms with Crippen LogP contribution in [0.5, 0.6) is 11.5 Å². The molecule has 0 fully saturated rings. The van der Waals surface area contributed by atoms with Crippen LogP contribution in [0.2, 0.25) is 0 Å². The molecular weight excluding hydrogens is 372 g/mol. The molecule has 106 valence electrons. The maximum absolute atomic E-state index is 13.0. The van der Waals surface area contributed by atoms with E-state index in [0.717, 1.165) is 26.3 Å². The molecule has 0 amide bonds. The molecule has 2 aromatic carbocycles. The predicted molar refractivity (Wildman–Crippen MR) is 86.0 cm³/mol. The Labute approximate surface area is 131 Å². The summed E-state index contributed by atoms with van der Waals surface area (Å²) in [6, 6.07) is 10.4. The van der Waals surface area contributed by atoms with Crippen molar-refractivity contribution >= 4 is 28.3 Å². The normalized spacial score (nSPS) is 10.2. The molecular formula is C15H15FINO2. The zero-order chi connectivity index (χ0) is 14.5. The van der Waals surface area contributed by atoms with Gasteiger partial charge in [0, 0.05) is 21.9 Å². The van der Waals surface area contributed by atoms with Crippen molar-refractivity contribution in [3.8, 4) is 11.5 Å². The number of halogens is 2. The van der Waals surface area contributed by atoms with E-state index >= 15 is 0 Å². The summed E-state index contributed by atoms with van der Waals surface area (Å²) in [7, 11) is 3.24. The van der Waals surface area contributed by atoms with E-state index < -0.39 is 0 Å². The van der Waals surface area contributed by atoms with E-state index in [2.05, 4.69) is 27.9 Å². The van der Waals surface area contributed by atoms with Gasteiger partial charge in [0.15, 0.2) is 0 Å². The Morgan fingerprint density at radius 1 is 1.05 bits per heavy atom. The Hall–Kier alpha value is -1.50. The first-order chi connectivity index (χ1) is 9.62. The number of methoxy groups -OCH3 is 2. The number of hydrogen-bond donors (Lipinski definition) is 1. The van der Waals surface area contributed by atoms with Gasteiger partial charge in [0.05, 0.1) is 14.2 Å². The fourth-order valence-electron chi connectivity index (χ4n) is 1.80. The third-order valence-corrected chi connectivity index (χ3v) is 3.72. The van der Waals surface area contributed by atoms with Crippen molar-refractivity contribution in [3.63, 3.8) is 0 Å². The van der Waals surface area contributed by atoms with Crippen LogP contribution in [0.1, 0.15) is 5.56 Å². The minimum Gasteiger partial charge on any atom is -0.497 e. The lowest BCUT2D eigenvalue weighted by Gasteiger charge is -2.11. The second kappa shape index (κ2) is 6.78. The number of nitrogens with one attached hydrogen (secondary N) is 1. The van der Waals surface area contributed by atoms with E-state index in [1.807, 2.05) is 18.2 Å². The second-order valence-electron chi connectivity index (χ2n) is 4.20. The zero-order valence-corrected chi connectivity index (χ0v) is 13.4. The summed E-state index contributed by atoms with van der Waals surface area (Å²) >= 11 is 2.10. The van der Waals surface area contributed by atoms with E-state index in [1.54, 1.807) is 20.3 Å². The van der Waals surface area contributed by atoms with Crippen molar-refractivity contribution in [3.05, 3.63) is 51.3 Å². The lowest BCUT2D eigenvalue weighted by atomic mass is 10.2. The number of hydrogen-bond acceptors (Lipinski definition) is 3. The summed E-state index contributed by atoms with van der Waals surface area (Å²) in [5, 5.41) is 3.27. The lowest BCUT2D eigenvalue weighted by Crippen LogP contribution is -2.02. The van der Waals surface area contributed by atoms with Crippen LogP contribution in [-0.4, -0.2) is 14.2 Å². The molecule has 5 heteroatoms. The fraction of sp³-hybridized carbons (Fsp3) is 0.200. The van der Waals surface area contributed by atoms with E-state index in [9.17, 15) is 4.39 Å². The maximum Gasteiger partial charge on any atom is 0.124 e. The van der Waals surface area contributed by atoms with Gasteiger partial charge in [-0.1, -0.05) is 0 Å². The molecule has 0 heterocycles. The van der Waals surface area contributed by atoms with Crippen LogP contribution in [0.15, 0.2) is 36.4 Å².